The van der Waals surface area contributed by atoms with Crippen LogP contribution in [0.5, 0.6) is 0 Å². The Morgan fingerprint density at radius 1 is 1.17 bits per heavy atom. The molecule has 0 aromatic carbocycles. The highest BCUT2D eigenvalue weighted by Gasteiger charge is 2.29. The zero-order valence-corrected chi connectivity index (χ0v) is 11.7. The molecule has 3 heteroatoms. The van der Waals surface area contributed by atoms with Crippen LogP contribution in [-0.2, 0) is 4.79 Å². The van der Waals surface area contributed by atoms with Crippen LogP contribution in [0.25, 0.3) is 0 Å². The Balaban J connectivity index is 1.88. The van der Waals surface area contributed by atoms with Crippen molar-refractivity contribution in [1.29, 1.82) is 0 Å². The van der Waals surface area contributed by atoms with Gasteiger partial charge >= 0.3 is 0 Å². The van der Waals surface area contributed by atoms with Crippen molar-refractivity contribution in [3.8, 4) is 0 Å². The lowest BCUT2D eigenvalue weighted by atomic mass is 9.85. The molecule has 0 bridgehead atoms. The SMILES string of the molecule is CCC1CCCN(C(=O)C2CCCC(N)C2)CC1. The molecular formula is C15H28N2O. The number of nitrogens with two attached hydrogens (primary N) is 1. The van der Waals surface area contributed by atoms with Crippen LogP contribution >= 0.6 is 0 Å². The molecule has 3 atom stereocenters. The van der Waals surface area contributed by atoms with Gasteiger partial charge in [-0.15, -0.1) is 0 Å². The van der Waals surface area contributed by atoms with E-state index in [0.717, 1.165) is 44.7 Å². The summed E-state index contributed by atoms with van der Waals surface area (Å²) in [5, 5.41) is 0. The first kappa shape index (κ1) is 13.9. The molecule has 18 heavy (non-hydrogen) atoms. The van der Waals surface area contributed by atoms with Gasteiger partial charge in [-0.2, -0.15) is 0 Å². The fourth-order valence-corrected chi connectivity index (χ4v) is 3.50. The Morgan fingerprint density at radius 3 is 2.72 bits per heavy atom. The summed E-state index contributed by atoms with van der Waals surface area (Å²) < 4.78 is 0. The molecule has 3 nitrogen and oxygen atoms in total. The number of hydrogen-bond donors (Lipinski definition) is 1. The molecule has 0 radical (unpaired) electrons. The number of rotatable bonds is 2. The Hall–Kier alpha value is -0.570. The molecule has 1 aliphatic heterocycles. The van der Waals surface area contributed by atoms with Crippen LogP contribution in [0.1, 0.15) is 58.3 Å². The zero-order chi connectivity index (χ0) is 13.0. The van der Waals surface area contributed by atoms with Crippen molar-refractivity contribution in [1.82, 2.24) is 4.90 Å². The highest BCUT2D eigenvalue weighted by molar-refractivity contribution is 5.79. The fourth-order valence-electron chi connectivity index (χ4n) is 3.50. The van der Waals surface area contributed by atoms with Crippen molar-refractivity contribution < 1.29 is 4.79 Å². The first-order chi connectivity index (χ1) is 8.70. The Kier molecular flexibility index (Phi) is 5.04. The predicted octanol–water partition coefficient (Wildman–Crippen LogP) is 2.54. The van der Waals surface area contributed by atoms with E-state index in [1.165, 1.54) is 25.7 Å². The van der Waals surface area contributed by atoms with Crippen molar-refractivity contribution >= 4 is 5.91 Å². The molecule has 2 aliphatic rings. The molecule has 2 fully saturated rings. The number of likely N-dealkylation sites (tertiary alicyclic amines) is 1. The molecule has 2 rings (SSSR count). The summed E-state index contributed by atoms with van der Waals surface area (Å²) >= 11 is 0. The van der Waals surface area contributed by atoms with Gasteiger partial charge in [-0.05, 0) is 44.4 Å². The van der Waals surface area contributed by atoms with E-state index in [1.807, 2.05) is 0 Å². The van der Waals surface area contributed by atoms with Crippen molar-refractivity contribution in [3.63, 3.8) is 0 Å². The van der Waals surface area contributed by atoms with Gasteiger partial charge in [0.1, 0.15) is 0 Å². The maximum atomic E-state index is 12.5. The molecule has 1 aliphatic carbocycles. The van der Waals surface area contributed by atoms with Crippen LogP contribution in [0.2, 0.25) is 0 Å². The van der Waals surface area contributed by atoms with Crippen LogP contribution in [0, 0.1) is 11.8 Å². The maximum absolute atomic E-state index is 12.5. The highest BCUT2D eigenvalue weighted by atomic mass is 16.2. The van der Waals surface area contributed by atoms with Gasteiger partial charge in [0.15, 0.2) is 0 Å². The van der Waals surface area contributed by atoms with Crippen molar-refractivity contribution in [3.05, 3.63) is 0 Å². The molecule has 3 unspecified atom stereocenters. The minimum atomic E-state index is 0.215. The maximum Gasteiger partial charge on any atom is 0.225 e. The lowest BCUT2D eigenvalue weighted by Gasteiger charge is -2.31. The molecule has 1 saturated carbocycles. The van der Waals surface area contributed by atoms with Crippen LogP contribution in [0.4, 0.5) is 0 Å². The predicted molar refractivity (Wildman–Crippen MR) is 74.1 cm³/mol. The Labute approximate surface area is 111 Å². The standard InChI is InChI=1S/C15H28N2O/c1-2-12-5-4-9-17(10-8-12)15(18)13-6-3-7-14(16)11-13/h12-14H,2-11,16H2,1H3. The van der Waals surface area contributed by atoms with Crippen LogP contribution in [0.15, 0.2) is 0 Å². The summed E-state index contributed by atoms with van der Waals surface area (Å²) in [5.74, 6) is 1.44. The first-order valence-corrected chi connectivity index (χ1v) is 7.75. The number of carbonyl (C=O) groups is 1. The van der Waals surface area contributed by atoms with E-state index in [1.54, 1.807) is 0 Å². The second-order valence-electron chi connectivity index (χ2n) is 6.15. The molecule has 1 amide bonds. The largest absolute Gasteiger partial charge is 0.342 e. The second-order valence-corrected chi connectivity index (χ2v) is 6.15. The topological polar surface area (TPSA) is 46.3 Å². The van der Waals surface area contributed by atoms with Gasteiger partial charge in [-0.3, -0.25) is 4.79 Å². The quantitative estimate of drug-likeness (QED) is 0.821. The number of amides is 1. The molecular weight excluding hydrogens is 224 g/mol. The molecule has 0 aromatic rings. The van der Waals surface area contributed by atoms with E-state index in [9.17, 15) is 4.79 Å². The summed E-state index contributed by atoms with van der Waals surface area (Å²) in [6, 6.07) is 0.253. The summed E-state index contributed by atoms with van der Waals surface area (Å²) in [4.78, 5) is 14.6. The smallest absolute Gasteiger partial charge is 0.225 e. The average molecular weight is 252 g/mol. The van der Waals surface area contributed by atoms with Crippen molar-refractivity contribution in [2.45, 2.75) is 64.3 Å². The number of carbonyl (C=O) groups excluding carboxylic acids is 1. The summed E-state index contributed by atoms with van der Waals surface area (Å²) in [7, 11) is 0. The number of nitrogens with zero attached hydrogens (tertiary/aromatic N) is 1. The van der Waals surface area contributed by atoms with E-state index < -0.39 is 0 Å². The average Bonchev–Trinajstić information content (AvgIpc) is 2.63. The van der Waals surface area contributed by atoms with Gasteiger partial charge in [0.25, 0.3) is 0 Å². The molecule has 104 valence electrons. The lowest BCUT2D eigenvalue weighted by Crippen LogP contribution is -2.41. The van der Waals surface area contributed by atoms with Gasteiger partial charge in [-0.1, -0.05) is 19.8 Å². The second kappa shape index (κ2) is 6.55. The van der Waals surface area contributed by atoms with Crippen molar-refractivity contribution in [2.75, 3.05) is 13.1 Å². The van der Waals surface area contributed by atoms with Crippen LogP contribution < -0.4 is 5.73 Å². The van der Waals surface area contributed by atoms with E-state index in [0.29, 0.717) is 5.91 Å². The molecule has 1 saturated heterocycles. The third-order valence-electron chi connectivity index (χ3n) is 4.80. The van der Waals surface area contributed by atoms with Crippen LogP contribution in [-0.4, -0.2) is 29.9 Å². The van der Waals surface area contributed by atoms with Crippen LogP contribution in [0.3, 0.4) is 0 Å². The highest BCUT2D eigenvalue weighted by Crippen LogP contribution is 2.27. The molecule has 0 aromatic heterocycles. The summed E-state index contributed by atoms with van der Waals surface area (Å²) in [5.41, 5.74) is 6.00. The normalized spacial score (nSPS) is 34.1. The summed E-state index contributed by atoms with van der Waals surface area (Å²) in [6.07, 6.45) is 9.13. The van der Waals surface area contributed by atoms with E-state index in [2.05, 4.69) is 11.8 Å². The zero-order valence-electron chi connectivity index (χ0n) is 11.7. The molecule has 0 spiro atoms. The van der Waals surface area contributed by atoms with Gasteiger partial charge in [-0.25, -0.2) is 0 Å². The fraction of sp³-hybridized carbons (Fsp3) is 0.933. The van der Waals surface area contributed by atoms with Gasteiger partial charge in [0.2, 0.25) is 5.91 Å². The van der Waals surface area contributed by atoms with Crippen molar-refractivity contribution in [2.24, 2.45) is 17.6 Å². The first-order valence-electron chi connectivity index (χ1n) is 7.75. The van der Waals surface area contributed by atoms with Gasteiger partial charge in [0, 0.05) is 25.0 Å². The van der Waals surface area contributed by atoms with E-state index in [4.69, 9.17) is 5.73 Å². The lowest BCUT2D eigenvalue weighted by molar-refractivity contribution is -0.136. The minimum absolute atomic E-state index is 0.215. The molecule has 1 heterocycles. The Bertz CT molecular complexity index is 280. The monoisotopic (exact) mass is 252 g/mol. The third-order valence-corrected chi connectivity index (χ3v) is 4.80. The third kappa shape index (κ3) is 3.47. The van der Waals surface area contributed by atoms with Gasteiger partial charge in [0.05, 0.1) is 0 Å². The Morgan fingerprint density at radius 2 is 2.00 bits per heavy atom. The number of hydrogen-bond acceptors (Lipinski definition) is 2. The molecule has 2 N–H and O–H groups in total. The van der Waals surface area contributed by atoms with E-state index in [-0.39, 0.29) is 12.0 Å². The summed E-state index contributed by atoms with van der Waals surface area (Å²) in [6.45, 7) is 4.21. The van der Waals surface area contributed by atoms with E-state index >= 15 is 0 Å². The minimum Gasteiger partial charge on any atom is -0.342 e. The van der Waals surface area contributed by atoms with Gasteiger partial charge < -0.3 is 10.6 Å².